The number of ether oxygens (including phenoxy) is 2. The Bertz CT molecular complexity index is 407. The Balaban J connectivity index is 3.04. The fraction of sp³-hybridized carbons (Fsp3) is 0.625. The van der Waals surface area contributed by atoms with Crippen molar-refractivity contribution in [1.29, 1.82) is 0 Å². The number of hydrogen-bond acceptors (Lipinski definition) is 4. The van der Waals surface area contributed by atoms with Gasteiger partial charge in [-0.25, -0.2) is 0 Å². The van der Waals surface area contributed by atoms with Crippen LogP contribution in [0.15, 0.2) is 22.7 Å². The minimum Gasteiger partial charge on any atom is -0.383 e. The summed E-state index contributed by atoms with van der Waals surface area (Å²) in [4.78, 5) is 2.32. The standard InChI is InChI=1S/C16H27BrN2O2/c1-5-18-13(2)15-7-6-14(17)12-16(15)19(8-10-20-3)9-11-21-4/h6-7,12-13,18H,5,8-11H2,1-4H3. The van der Waals surface area contributed by atoms with Gasteiger partial charge >= 0.3 is 0 Å². The van der Waals surface area contributed by atoms with E-state index in [-0.39, 0.29) is 0 Å². The molecule has 1 rings (SSSR count). The molecule has 120 valence electrons. The summed E-state index contributed by atoms with van der Waals surface area (Å²) in [6.45, 7) is 8.37. The van der Waals surface area contributed by atoms with Crippen LogP contribution < -0.4 is 10.2 Å². The summed E-state index contributed by atoms with van der Waals surface area (Å²) in [6.07, 6.45) is 0. The van der Waals surface area contributed by atoms with Gasteiger partial charge in [-0.05, 0) is 31.2 Å². The number of halogens is 1. The van der Waals surface area contributed by atoms with Gasteiger partial charge in [-0.3, -0.25) is 0 Å². The van der Waals surface area contributed by atoms with Crippen molar-refractivity contribution < 1.29 is 9.47 Å². The van der Waals surface area contributed by atoms with E-state index in [2.05, 4.69) is 58.2 Å². The smallest absolute Gasteiger partial charge is 0.0637 e. The minimum atomic E-state index is 0.311. The van der Waals surface area contributed by atoms with Crippen LogP contribution in [0.4, 0.5) is 5.69 Å². The summed E-state index contributed by atoms with van der Waals surface area (Å²) in [6, 6.07) is 6.76. The second-order valence-electron chi connectivity index (χ2n) is 4.96. The molecule has 0 saturated carbocycles. The van der Waals surface area contributed by atoms with Crippen LogP contribution in [0.3, 0.4) is 0 Å². The zero-order valence-corrected chi connectivity index (χ0v) is 15.1. The molecule has 0 aliphatic rings. The number of benzene rings is 1. The molecule has 0 heterocycles. The third kappa shape index (κ3) is 5.94. The molecule has 1 aromatic rings. The lowest BCUT2D eigenvalue weighted by molar-refractivity contribution is 0.190. The van der Waals surface area contributed by atoms with Crippen molar-refractivity contribution in [3.8, 4) is 0 Å². The quantitative estimate of drug-likeness (QED) is 0.696. The van der Waals surface area contributed by atoms with E-state index in [4.69, 9.17) is 9.47 Å². The number of methoxy groups -OCH3 is 2. The van der Waals surface area contributed by atoms with Crippen LogP contribution in [-0.4, -0.2) is 47.1 Å². The second kappa shape index (κ2) is 10.2. The van der Waals surface area contributed by atoms with Crippen molar-refractivity contribution in [2.24, 2.45) is 0 Å². The maximum atomic E-state index is 5.24. The Labute approximate surface area is 136 Å². The van der Waals surface area contributed by atoms with Crippen molar-refractivity contribution >= 4 is 21.6 Å². The Morgan fingerprint density at radius 2 is 1.81 bits per heavy atom. The van der Waals surface area contributed by atoms with Crippen LogP contribution in [0, 0.1) is 0 Å². The third-order valence-electron chi connectivity index (χ3n) is 3.44. The number of nitrogens with one attached hydrogen (secondary N) is 1. The van der Waals surface area contributed by atoms with Crippen LogP contribution in [0.2, 0.25) is 0 Å². The SMILES string of the molecule is CCNC(C)c1ccc(Br)cc1N(CCOC)CCOC. The third-order valence-corrected chi connectivity index (χ3v) is 3.93. The molecule has 0 saturated heterocycles. The first-order valence-corrected chi connectivity index (χ1v) is 8.19. The molecular formula is C16H27BrN2O2. The lowest BCUT2D eigenvalue weighted by Crippen LogP contribution is -2.32. The highest BCUT2D eigenvalue weighted by Gasteiger charge is 2.15. The Hall–Kier alpha value is -0.620. The van der Waals surface area contributed by atoms with Crippen LogP contribution in [0.25, 0.3) is 0 Å². The molecule has 21 heavy (non-hydrogen) atoms. The zero-order valence-electron chi connectivity index (χ0n) is 13.5. The predicted octanol–water partition coefficient (Wildman–Crippen LogP) is 3.22. The largest absolute Gasteiger partial charge is 0.383 e. The van der Waals surface area contributed by atoms with Crippen LogP contribution in [0.5, 0.6) is 0 Å². The molecule has 0 amide bonds. The van der Waals surface area contributed by atoms with Crippen LogP contribution in [-0.2, 0) is 9.47 Å². The summed E-state index contributed by atoms with van der Waals surface area (Å²) in [5, 5.41) is 3.48. The lowest BCUT2D eigenvalue weighted by Gasteiger charge is -2.29. The summed E-state index contributed by atoms with van der Waals surface area (Å²) >= 11 is 3.58. The predicted molar refractivity (Wildman–Crippen MR) is 92.2 cm³/mol. The van der Waals surface area contributed by atoms with Crippen molar-refractivity contribution in [3.05, 3.63) is 28.2 Å². The molecule has 1 N–H and O–H groups in total. The maximum Gasteiger partial charge on any atom is 0.0637 e. The van der Waals surface area contributed by atoms with Crippen molar-refractivity contribution in [3.63, 3.8) is 0 Å². The van der Waals surface area contributed by atoms with Crippen molar-refractivity contribution in [2.45, 2.75) is 19.9 Å². The summed E-state index contributed by atoms with van der Waals surface area (Å²) in [5.74, 6) is 0. The highest BCUT2D eigenvalue weighted by atomic mass is 79.9. The van der Waals surface area contributed by atoms with Crippen LogP contribution >= 0.6 is 15.9 Å². The van der Waals surface area contributed by atoms with Crippen molar-refractivity contribution in [1.82, 2.24) is 5.32 Å². The molecule has 5 heteroatoms. The highest BCUT2D eigenvalue weighted by Crippen LogP contribution is 2.29. The zero-order chi connectivity index (χ0) is 15.7. The number of hydrogen-bond donors (Lipinski definition) is 1. The average molecular weight is 359 g/mol. The van der Waals surface area contributed by atoms with Gasteiger partial charge in [0.25, 0.3) is 0 Å². The van der Waals surface area contributed by atoms with Crippen molar-refractivity contribution in [2.75, 3.05) is 52.0 Å². The normalized spacial score (nSPS) is 12.4. The van der Waals surface area contributed by atoms with Gasteiger partial charge in [-0.1, -0.05) is 28.9 Å². The summed E-state index contributed by atoms with van der Waals surface area (Å²) in [7, 11) is 3.47. The summed E-state index contributed by atoms with van der Waals surface area (Å²) in [5.41, 5.74) is 2.53. The fourth-order valence-corrected chi connectivity index (χ4v) is 2.68. The lowest BCUT2D eigenvalue weighted by atomic mass is 10.0. The van der Waals surface area contributed by atoms with Gasteiger partial charge in [-0.15, -0.1) is 0 Å². The first-order chi connectivity index (χ1) is 10.1. The Kier molecular flexibility index (Phi) is 8.92. The van der Waals surface area contributed by atoms with E-state index in [0.717, 1.165) is 24.1 Å². The molecule has 0 fully saturated rings. The Morgan fingerprint density at radius 1 is 1.19 bits per heavy atom. The van der Waals surface area contributed by atoms with E-state index < -0.39 is 0 Å². The molecule has 4 nitrogen and oxygen atoms in total. The maximum absolute atomic E-state index is 5.24. The van der Waals surface area contributed by atoms with Gasteiger partial charge in [0.15, 0.2) is 0 Å². The van der Waals surface area contributed by atoms with E-state index in [0.29, 0.717) is 19.3 Å². The van der Waals surface area contributed by atoms with Gasteiger partial charge < -0.3 is 19.7 Å². The van der Waals surface area contributed by atoms with Gasteiger partial charge in [-0.2, -0.15) is 0 Å². The summed E-state index contributed by atoms with van der Waals surface area (Å²) < 4.78 is 11.6. The van der Waals surface area contributed by atoms with E-state index in [1.165, 1.54) is 11.3 Å². The van der Waals surface area contributed by atoms with E-state index in [9.17, 15) is 0 Å². The molecule has 0 radical (unpaired) electrons. The molecular weight excluding hydrogens is 332 g/mol. The van der Waals surface area contributed by atoms with E-state index >= 15 is 0 Å². The molecule has 1 atom stereocenters. The van der Waals surface area contributed by atoms with E-state index in [1.54, 1.807) is 14.2 Å². The number of rotatable bonds is 10. The molecule has 0 aromatic heterocycles. The topological polar surface area (TPSA) is 33.7 Å². The van der Waals surface area contributed by atoms with Crippen LogP contribution in [0.1, 0.15) is 25.5 Å². The first-order valence-electron chi connectivity index (χ1n) is 7.39. The molecule has 0 aliphatic carbocycles. The van der Waals surface area contributed by atoms with Gasteiger partial charge in [0.1, 0.15) is 0 Å². The molecule has 0 spiro atoms. The number of anilines is 1. The average Bonchev–Trinajstić information content (AvgIpc) is 2.47. The molecule has 1 aromatic carbocycles. The molecule has 1 unspecified atom stereocenters. The monoisotopic (exact) mass is 358 g/mol. The fourth-order valence-electron chi connectivity index (χ4n) is 2.33. The first kappa shape index (κ1) is 18.4. The number of nitrogens with zero attached hydrogens (tertiary/aromatic N) is 1. The molecule has 0 aliphatic heterocycles. The second-order valence-corrected chi connectivity index (χ2v) is 5.87. The highest BCUT2D eigenvalue weighted by molar-refractivity contribution is 9.10. The minimum absolute atomic E-state index is 0.311. The van der Waals surface area contributed by atoms with Gasteiger partial charge in [0.2, 0.25) is 0 Å². The van der Waals surface area contributed by atoms with Gasteiger partial charge in [0.05, 0.1) is 13.2 Å². The molecule has 0 bridgehead atoms. The Morgan fingerprint density at radius 3 is 2.33 bits per heavy atom. The van der Waals surface area contributed by atoms with E-state index in [1.807, 2.05) is 0 Å². The van der Waals surface area contributed by atoms with Gasteiger partial charge in [0, 0.05) is 43.5 Å².